The summed E-state index contributed by atoms with van der Waals surface area (Å²) >= 11 is 0. The third-order valence-corrected chi connectivity index (χ3v) is 11.2. The van der Waals surface area contributed by atoms with Crippen LogP contribution in [0.3, 0.4) is 0 Å². The number of ether oxygens (including phenoxy) is 1. The van der Waals surface area contributed by atoms with Crippen molar-refractivity contribution in [2.75, 3.05) is 0 Å². The molecule has 5 rings (SSSR count). The van der Waals surface area contributed by atoms with Crippen molar-refractivity contribution in [3.8, 4) is 0 Å². The van der Waals surface area contributed by atoms with Gasteiger partial charge in [-0.15, -0.1) is 0 Å². The molecule has 1 aliphatic heterocycles. The highest BCUT2D eigenvalue weighted by atomic mass is 19.1. The standard InChI is InChI=1S/C27H45FO/c1-17(2)7-6-8-18(3)21-9-10-22-20-15-24-27(29-24)16-19(28)11-14-26(27,5)23(20)12-13-25(21,22)4/h17-24H,6-16H2,1-5H3/t18?,19-,20-,21+,22-,23-,24+,25+,26+,27?/m0/s1. The van der Waals surface area contributed by atoms with Gasteiger partial charge in [0.15, 0.2) is 0 Å². The van der Waals surface area contributed by atoms with Crippen LogP contribution in [-0.4, -0.2) is 17.9 Å². The minimum absolute atomic E-state index is 0.0816. The lowest BCUT2D eigenvalue weighted by molar-refractivity contribution is -0.109. The van der Waals surface area contributed by atoms with Crippen molar-refractivity contribution in [3.05, 3.63) is 0 Å². The van der Waals surface area contributed by atoms with E-state index in [-0.39, 0.29) is 11.0 Å². The lowest BCUT2D eigenvalue weighted by atomic mass is 9.44. The SMILES string of the molecule is CC(C)CCCC(C)[C@H]1CC[C@H]2[C@@H]3C[C@H]4OC45C[C@@H](F)CC[C@]5(C)[C@H]3CC[C@]12C. The van der Waals surface area contributed by atoms with Crippen LogP contribution < -0.4 is 0 Å². The molecule has 10 atom stereocenters. The molecule has 2 heteroatoms. The van der Waals surface area contributed by atoms with E-state index in [4.69, 9.17) is 4.74 Å². The molecule has 0 N–H and O–H groups in total. The van der Waals surface area contributed by atoms with Crippen LogP contribution in [0.25, 0.3) is 0 Å². The molecule has 0 aromatic carbocycles. The minimum Gasteiger partial charge on any atom is -0.365 e. The summed E-state index contributed by atoms with van der Waals surface area (Å²) in [6.07, 6.45) is 13.4. The molecule has 1 nitrogen and oxygen atoms in total. The van der Waals surface area contributed by atoms with Crippen LogP contribution in [0.4, 0.5) is 4.39 Å². The van der Waals surface area contributed by atoms with E-state index in [1.165, 1.54) is 51.4 Å². The summed E-state index contributed by atoms with van der Waals surface area (Å²) in [6, 6.07) is 0. The number of epoxide rings is 1. The summed E-state index contributed by atoms with van der Waals surface area (Å²) in [5.41, 5.74) is 0.703. The maximum atomic E-state index is 14.3. The molecule has 0 radical (unpaired) electrons. The van der Waals surface area contributed by atoms with Crippen LogP contribution in [0.2, 0.25) is 0 Å². The Morgan fingerprint density at radius 2 is 1.76 bits per heavy atom. The van der Waals surface area contributed by atoms with Crippen LogP contribution in [0, 0.1) is 46.3 Å². The van der Waals surface area contributed by atoms with Gasteiger partial charge in [0.2, 0.25) is 0 Å². The second-order valence-corrected chi connectivity index (χ2v) is 12.9. The van der Waals surface area contributed by atoms with E-state index in [1.807, 2.05) is 0 Å². The topological polar surface area (TPSA) is 12.5 Å². The van der Waals surface area contributed by atoms with E-state index < -0.39 is 6.17 Å². The van der Waals surface area contributed by atoms with E-state index in [9.17, 15) is 4.39 Å². The number of fused-ring (bicyclic) bond motifs is 4. The Morgan fingerprint density at radius 3 is 2.52 bits per heavy atom. The summed E-state index contributed by atoms with van der Waals surface area (Å²) in [5, 5.41) is 0. The number of hydrogen-bond donors (Lipinski definition) is 0. The van der Waals surface area contributed by atoms with Gasteiger partial charge in [-0.3, -0.25) is 0 Å². The van der Waals surface area contributed by atoms with Crippen molar-refractivity contribution in [1.82, 2.24) is 0 Å². The fraction of sp³-hybridized carbons (Fsp3) is 1.00. The van der Waals surface area contributed by atoms with E-state index in [0.717, 1.165) is 48.3 Å². The molecule has 0 aromatic rings. The zero-order valence-electron chi connectivity index (χ0n) is 19.7. The van der Waals surface area contributed by atoms with Crippen molar-refractivity contribution in [2.24, 2.45) is 46.3 Å². The molecule has 166 valence electrons. The van der Waals surface area contributed by atoms with Crippen molar-refractivity contribution in [2.45, 2.75) is 123 Å². The maximum Gasteiger partial charge on any atom is 0.103 e. The molecule has 1 saturated heterocycles. The summed E-state index contributed by atoms with van der Waals surface area (Å²) in [5.74, 6) is 5.14. The lowest BCUT2D eigenvalue weighted by Crippen LogP contribution is -2.58. The van der Waals surface area contributed by atoms with Crippen LogP contribution in [0.1, 0.15) is 105 Å². The fourth-order valence-corrected chi connectivity index (χ4v) is 9.65. The van der Waals surface area contributed by atoms with Gasteiger partial charge in [-0.1, -0.05) is 53.9 Å². The monoisotopic (exact) mass is 404 g/mol. The van der Waals surface area contributed by atoms with Gasteiger partial charge < -0.3 is 4.74 Å². The molecular weight excluding hydrogens is 359 g/mol. The molecule has 0 aromatic heterocycles. The molecule has 2 unspecified atom stereocenters. The number of hydrogen-bond acceptors (Lipinski definition) is 1. The zero-order valence-corrected chi connectivity index (χ0v) is 19.7. The van der Waals surface area contributed by atoms with Crippen molar-refractivity contribution in [3.63, 3.8) is 0 Å². The molecule has 5 fully saturated rings. The van der Waals surface area contributed by atoms with Gasteiger partial charge in [0.25, 0.3) is 0 Å². The molecule has 0 bridgehead atoms. The molecule has 4 saturated carbocycles. The number of alkyl halides is 1. The Morgan fingerprint density at radius 1 is 0.966 bits per heavy atom. The quantitative estimate of drug-likeness (QED) is 0.430. The van der Waals surface area contributed by atoms with E-state index in [2.05, 4.69) is 34.6 Å². The van der Waals surface area contributed by atoms with Crippen molar-refractivity contribution >= 4 is 0 Å². The third kappa shape index (κ3) is 2.93. The summed E-state index contributed by atoms with van der Waals surface area (Å²) in [6.45, 7) is 12.4. The summed E-state index contributed by atoms with van der Waals surface area (Å²) in [7, 11) is 0. The van der Waals surface area contributed by atoms with Gasteiger partial charge in [0.1, 0.15) is 11.8 Å². The van der Waals surface area contributed by atoms with Crippen LogP contribution in [0.15, 0.2) is 0 Å². The van der Waals surface area contributed by atoms with Crippen LogP contribution >= 0.6 is 0 Å². The molecule has 4 aliphatic carbocycles. The van der Waals surface area contributed by atoms with Gasteiger partial charge in [0.05, 0.1) is 6.10 Å². The number of rotatable bonds is 5. The van der Waals surface area contributed by atoms with Crippen molar-refractivity contribution < 1.29 is 9.13 Å². The van der Waals surface area contributed by atoms with Crippen LogP contribution in [0.5, 0.6) is 0 Å². The van der Waals surface area contributed by atoms with Crippen molar-refractivity contribution in [1.29, 1.82) is 0 Å². The predicted octanol–water partition coefficient (Wildman–Crippen LogP) is 7.58. The smallest absolute Gasteiger partial charge is 0.103 e. The van der Waals surface area contributed by atoms with Gasteiger partial charge in [-0.25, -0.2) is 4.39 Å². The lowest BCUT2D eigenvalue weighted by Gasteiger charge is -2.59. The second kappa shape index (κ2) is 6.94. The number of halogens is 1. The summed E-state index contributed by atoms with van der Waals surface area (Å²) < 4.78 is 20.7. The van der Waals surface area contributed by atoms with Gasteiger partial charge in [-0.05, 0) is 85.9 Å². The highest BCUT2D eigenvalue weighted by Crippen LogP contribution is 2.74. The first kappa shape index (κ1) is 20.8. The molecule has 29 heavy (non-hydrogen) atoms. The average Bonchev–Trinajstić information content (AvgIpc) is 3.22. The molecule has 5 aliphatic rings. The van der Waals surface area contributed by atoms with Gasteiger partial charge in [0, 0.05) is 11.8 Å². The predicted molar refractivity (Wildman–Crippen MR) is 117 cm³/mol. The second-order valence-electron chi connectivity index (χ2n) is 12.9. The Balaban J connectivity index is 1.33. The summed E-state index contributed by atoms with van der Waals surface area (Å²) in [4.78, 5) is 0. The molecular formula is C27H45FO. The zero-order chi connectivity index (χ0) is 20.6. The normalized spacial score (nSPS) is 54.3. The van der Waals surface area contributed by atoms with E-state index in [1.54, 1.807) is 0 Å². The molecule has 1 heterocycles. The molecule has 0 amide bonds. The Kier molecular flexibility index (Phi) is 4.97. The Hall–Kier alpha value is -0.110. The highest BCUT2D eigenvalue weighted by molar-refractivity contribution is 5.24. The minimum atomic E-state index is -0.624. The third-order valence-electron chi connectivity index (χ3n) is 11.2. The first-order chi connectivity index (χ1) is 13.7. The first-order valence-corrected chi connectivity index (χ1v) is 13.0. The fourth-order valence-electron chi connectivity index (χ4n) is 9.65. The Bertz CT molecular complexity index is 632. The Labute approximate surface area is 178 Å². The highest BCUT2D eigenvalue weighted by Gasteiger charge is 2.76. The van der Waals surface area contributed by atoms with Gasteiger partial charge in [-0.2, -0.15) is 0 Å². The first-order valence-electron chi connectivity index (χ1n) is 13.0. The van der Waals surface area contributed by atoms with Gasteiger partial charge >= 0.3 is 0 Å². The van der Waals surface area contributed by atoms with Crippen LogP contribution in [-0.2, 0) is 4.74 Å². The maximum absolute atomic E-state index is 14.3. The van der Waals surface area contributed by atoms with E-state index in [0.29, 0.717) is 17.9 Å². The molecule has 1 spiro atoms. The van der Waals surface area contributed by atoms with E-state index >= 15 is 0 Å². The largest absolute Gasteiger partial charge is 0.365 e. The average molecular weight is 405 g/mol.